The van der Waals surface area contributed by atoms with Crippen LogP contribution in [0.25, 0.3) is 22.1 Å². The van der Waals surface area contributed by atoms with E-state index >= 15 is 0 Å². The molecule has 1 aromatic heterocycles. The van der Waals surface area contributed by atoms with Gasteiger partial charge in [-0.15, -0.1) is 10.2 Å². The molecule has 0 atom stereocenters. The van der Waals surface area contributed by atoms with E-state index in [2.05, 4.69) is 36.4 Å². The second kappa shape index (κ2) is 6.83. The van der Waals surface area contributed by atoms with Gasteiger partial charge in [-0.3, -0.25) is 0 Å². The van der Waals surface area contributed by atoms with Crippen LogP contribution in [0.15, 0.2) is 65.1 Å². The van der Waals surface area contributed by atoms with Crippen molar-refractivity contribution < 1.29 is 33.3 Å². The number of rotatable bonds is 1. The zero-order valence-electron chi connectivity index (χ0n) is 11.7. The minimum atomic E-state index is -4.94. The quantitative estimate of drug-likeness (QED) is 0.584. The molecular formula is C16H13ClO5. The van der Waals surface area contributed by atoms with Crippen LogP contribution in [0.1, 0.15) is 5.76 Å². The Morgan fingerprint density at radius 2 is 1.36 bits per heavy atom. The van der Waals surface area contributed by atoms with E-state index in [0.717, 1.165) is 22.5 Å². The summed E-state index contributed by atoms with van der Waals surface area (Å²) in [5.41, 5.74) is 1.12. The number of aryl methyl sites for hydroxylation is 1. The van der Waals surface area contributed by atoms with Gasteiger partial charge in [-0.25, -0.2) is 23.1 Å². The van der Waals surface area contributed by atoms with E-state index in [1.807, 2.05) is 31.2 Å². The molecule has 3 aromatic rings. The SMILES string of the molecule is Cc1cc2ccccc2c(-c2ccccc2)[o+]1.[O-][Cl+3]([O-])([O-])[O-]. The van der Waals surface area contributed by atoms with E-state index in [9.17, 15) is 0 Å². The Hall–Kier alpha value is -2.02. The van der Waals surface area contributed by atoms with Gasteiger partial charge < -0.3 is 0 Å². The monoisotopic (exact) mass is 320 g/mol. The largest absolute Gasteiger partial charge is 0.367 e. The van der Waals surface area contributed by atoms with Crippen LogP contribution in [-0.4, -0.2) is 0 Å². The van der Waals surface area contributed by atoms with E-state index in [1.54, 1.807) is 0 Å². The highest BCUT2D eigenvalue weighted by atomic mass is 35.7. The fraction of sp³-hybridized carbons (Fsp3) is 0.0625. The normalized spacial score (nSPS) is 11.0. The molecule has 0 fully saturated rings. The van der Waals surface area contributed by atoms with Crippen LogP contribution in [-0.2, 0) is 0 Å². The number of halogens is 1. The molecule has 0 saturated heterocycles. The summed E-state index contributed by atoms with van der Waals surface area (Å²) in [4.78, 5) is 0. The molecule has 0 radical (unpaired) electrons. The third-order valence-corrected chi connectivity index (χ3v) is 2.86. The first kappa shape index (κ1) is 16.4. The molecule has 0 saturated carbocycles. The minimum Gasteiger partial charge on any atom is -0.222 e. The zero-order chi connectivity index (χ0) is 16.2. The Morgan fingerprint density at radius 1 is 0.818 bits per heavy atom. The van der Waals surface area contributed by atoms with Crippen LogP contribution >= 0.6 is 0 Å². The summed E-state index contributed by atoms with van der Waals surface area (Å²) in [6, 6.07) is 20.6. The highest BCUT2D eigenvalue weighted by Gasteiger charge is 2.17. The van der Waals surface area contributed by atoms with Crippen molar-refractivity contribution in [1.82, 2.24) is 0 Å². The number of hydrogen-bond acceptors (Lipinski definition) is 4. The van der Waals surface area contributed by atoms with Gasteiger partial charge in [0.15, 0.2) is 0 Å². The summed E-state index contributed by atoms with van der Waals surface area (Å²) in [6.07, 6.45) is 0. The van der Waals surface area contributed by atoms with Crippen molar-refractivity contribution in [3.05, 3.63) is 66.4 Å². The molecule has 2 aromatic carbocycles. The summed E-state index contributed by atoms with van der Waals surface area (Å²) in [6.45, 7) is 1.98. The molecule has 0 bridgehead atoms. The lowest BCUT2D eigenvalue weighted by molar-refractivity contribution is -2.00. The molecule has 0 spiro atoms. The summed E-state index contributed by atoms with van der Waals surface area (Å²) in [5, 5.41) is 2.37. The average Bonchev–Trinajstić information content (AvgIpc) is 2.45. The molecule has 0 amide bonds. The van der Waals surface area contributed by atoms with E-state index < -0.39 is 10.2 Å². The standard InChI is InChI=1S/C16H13O.ClHO4/c1-12-11-14-9-5-6-10-15(14)16(17-12)13-7-3-2-4-8-13;2-1(3,4)5/h2-11H,1H3;(H,2,3,4,5)/q+1;/p-1. The highest BCUT2D eigenvalue weighted by molar-refractivity contribution is 5.93. The van der Waals surface area contributed by atoms with Crippen molar-refractivity contribution in [3.63, 3.8) is 0 Å². The minimum absolute atomic E-state index is 0.933. The number of benzene rings is 2. The predicted molar refractivity (Wildman–Crippen MR) is 70.8 cm³/mol. The topological polar surface area (TPSA) is 104 Å². The van der Waals surface area contributed by atoms with Crippen molar-refractivity contribution in [1.29, 1.82) is 0 Å². The van der Waals surface area contributed by atoms with Gasteiger partial charge in [0.05, 0.1) is 17.9 Å². The molecule has 0 aliphatic rings. The molecule has 6 heteroatoms. The van der Waals surface area contributed by atoms with Crippen molar-refractivity contribution >= 4 is 10.8 Å². The molecule has 22 heavy (non-hydrogen) atoms. The Labute approximate surface area is 129 Å². The zero-order valence-corrected chi connectivity index (χ0v) is 12.4. The van der Waals surface area contributed by atoms with E-state index in [-0.39, 0.29) is 0 Å². The van der Waals surface area contributed by atoms with Crippen LogP contribution in [0.4, 0.5) is 0 Å². The van der Waals surface area contributed by atoms with Crippen LogP contribution in [0.2, 0.25) is 0 Å². The van der Waals surface area contributed by atoms with Crippen molar-refractivity contribution in [2.75, 3.05) is 0 Å². The molecule has 3 rings (SSSR count). The number of fused-ring (bicyclic) bond motifs is 1. The Morgan fingerprint density at radius 3 is 2.00 bits per heavy atom. The van der Waals surface area contributed by atoms with E-state index in [4.69, 9.17) is 23.1 Å². The van der Waals surface area contributed by atoms with Crippen LogP contribution in [0, 0.1) is 17.2 Å². The molecular weight excluding hydrogens is 308 g/mol. The van der Waals surface area contributed by atoms with Gasteiger partial charge >= 0.3 is 11.5 Å². The van der Waals surface area contributed by atoms with Gasteiger partial charge in [-0.1, -0.05) is 36.4 Å². The molecule has 1 heterocycles. The predicted octanol–water partition coefficient (Wildman–Crippen LogP) is -0.0667. The molecule has 114 valence electrons. The molecule has 5 nitrogen and oxygen atoms in total. The summed E-state index contributed by atoms with van der Waals surface area (Å²) in [7, 11) is -4.94. The van der Waals surface area contributed by atoms with Gasteiger partial charge in [0.25, 0.3) is 0 Å². The first-order chi connectivity index (χ1) is 10.3. The lowest BCUT2D eigenvalue weighted by Gasteiger charge is -2.17. The molecule has 0 aliphatic heterocycles. The Bertz CT molecular complexity index is 747. The van der Waals surface area contributed by atoms with Gasteiger partial charge in [0, 0.05) is 11.5 Å². The fourth-order valence-corrected chi connectivity index (χ4v) is 2.10. The van der Waals surface area contributed by atoms with E-state index in [0.29, 0.717) is 0 Å². The summed E-state index contributed by atoms with van der Waals surface area (Å²) < 4.78 is 39.8. The highest BCUT2D eigenvalue weighted by Crippen LogP contribution is 2.29. The van der Waals surface area contributed by atoms with Crippen molar-refractivity contribution in [3.8, 4) is 11.3 Å². The molecule has 0 aliphatic carbocycles. The second-order valence-electron chi connectivity index (χ2n) is 4.52. The summed E-state index contributed by atoms with van der Waals surface area (Å²) >= 11 is 0. The van der Waals surface area contributed by atoms with Gasteiger partial charge in [-0.2, -0.15) is 0 Å². The van der Waals surface area contributed by atoms with Crippen LogP contribution in [0.3, 0.4) is 0 Å². The Balaban J connectivity index is 0.000000309. The third-order valence-electron chi connectivity index (χ3n) is 2.86. The van der Waals surface area contributed by atoms with Crippen LogP contribution in [0.5, 0.6) is 0 Å². The maximum atomic E-state index is 8.49. The third kappa shape index (κ3) is 4.77. The Kier molecular flexibility index (Phi) is 5.07. The van der Waals surface area contributed by atoms with Crippen molar-refractivity contribution in [2.24, 2.45) is 0 Å². The van der Waals surface area contributed by atoms with Gasteiger partial charge in [0.1, 0.15) is 0 Å². The molecule has 0 N–H and O–H groups in total. The van der Waals surface area contributed by atoms with Gasteiger partial charge in [-0.05, 0) is 18.2 Å². The van der Waals surface area contributed by atoms with Crippen LogP contribution < -0.4 is 18.6 Å². The average molecular weight is 321 g/mol. The summed E-state index contributed by atoms with van der Waals surface area (Å²) in [5.74, 6) is 1.88. The fourth-order valence-electron chi connectivity index (χ4n) is 2.10. The molecule has 0 unspecified atom stereocenters. The first-order valence-electron chi connectivity index (χ1n) is 6.34. The first-order valence-corrected chi connectivity index (χ1v) is 7.58. The smallest absolute Gasteiger partial charge is 0.222 e. The van der Waals surface area contributed by atoms with Gasteiger partial charge in [0.2, 0.25) is 0 Å². The number of hydrogen-bond donors (Lipinski definition) is 0. The second-order valence-corrected chi connectivity index (χ2v) is 5.27. The lowest BCUT2D eigenvalue weighted by Crippen LogP contribution is -2.68. The van der Waals surface area contributed by atoms with Crippen molar-refractivity contribution in [2.45, 2.75) is 6.92 Å². The maximum absolute atomic E-state index is 8.49. The lowest BCUT2D eigenvalue weighted by atomic mass is 10.1. The maximum Gasteiger partial charge on any atom is 0.367 e. The van der Waals surface area contributed by atoms with E-state index in [1.165, 1.54) is 5.39 Å².